The van der Waals surface area contributed by atoms with E-state index < -0.39 is 5.97 Å². The molecule has 2 N–H and O–H groups in total. The van der Waals surface area contributed by atoms with Crippen molar-refractivity contribution < 1.29 is 14.6 Å². The van der Waals surface area contributed by atoms with Crippen LogP contribution in [0, 0.1) is 0 Å². The number of ether oxygens (including phenoxy) is 1. The molecule has 0 fully saturated rings. The van der Waals surface area contributed by atoms with Crippen molar-refractivity contribution in [1.82, 2.24) is 4.90 Å². The molecule has 0 saturated heterocycles. The number of benzene rings is 2. The van der Waals surface area contributed by atoms with Gasteiger partial charge in [-0.25, -0.2) is 4.79 Å². The number of para-hydroxylation sites is 2. The summed E-state index contributed by atoms with van der Waals surface area (Å²) in [6.45, 7) is 8.49. The van der Waals surface area contributed by atoms with Gasteiger partial charge in [0.2, 0.25) is 0 Å². The summed E-state index contributed by atoms with van der Waals surface area (Å²) >= 11 is 0. The molecule has 5 heteroatoms. The second kappa shape index (κ2) is 9.69. The smallest absolute Gasteiger partial charge is 0.335 e. The van der Waals surface area contributed by atoms with Gasteiger partial charge in [0.1, 0.15) is 12.4 Å². The molecule has 0 aliphatic heterocycles. The third-order valence-electron chi connectivity index (χ3n) is 4.13. The number of carboxylic acids is 1. The lowest BCUT2D eigenvalue weighted by Crippen LogP contribution is -2.28. The summed E-state index contributed by atoms with van der Waals surface area (Å²) in [5.41, 5.74) is 2.25. The number of hydrogen-bond acceptors (Lipinski definition) is 4. The standard InChI is InChI=1S/C20H26N2O3/c1-3-22(4-2)13-14-25-19-8-6-5-7-18(19)21-15-16-9-11-17(12-10-16)20(23)24/h5-12,21H,3-4,13-15H2,1-2H3,(H,23,24). The van der Waals surface area contributed by atoms with Crippen LogP contribution in [0.2, 0.25) is 0 Å². The van der Waals surface area contributed by atoms with Gasteiger partial charge < -0.3 is 20.1 Å². The minimum absolute atomic E-state index is 0.295. The number of nitrogens with zero attached hydrogens (tertiary/aromatic N) is 1. The fraction of sp³-hybridized carbons (Fsp3) is 0.350. The van der Waals surface area contributed by atoms with Crippen molar-refractivity contribution in [3.8, 4) is 5.75 Å². The number of hydrogen-bond donors (Lipinski definition) is 2. The normalized spacial score (nSPS) is 10.7. The van der Waals surface area contributed by atoms with Gasteiger partial charge in [-0.05, 0) is 42.9 Å². The Bertz CT molecular complexity index is 667. The van der Waals surface area contributed by atoms with Crippen molar-refractivity contribution >= 4 is 11.7 Å². The van der Waals surface area contributed by atoms with E-state index in [9.17, 15) is 4.79 Å². The number of aromatic carboxylic acids is 1. The fourth-order valence-electron chi connectivity index (χ4n) is 2.53. The topological polar surface area (TPSA) is 61.8 Å². The van der Waals surface area contributed by atoms with Crippen molar-refractivity contribution in [3.63, 3.8) is 0 Å². The maximum absolute atomic E-state index is 10.9. The second-order valence-corrected chi connectivity index (χ2v) is 5.73. The van der Waals surface area contributed by atoms with Crippen LogP contribution in [-0.2, 0) is 6.54 Å². The Hall–Kier alpha value is -2.53. The van der Waals surface area contributed by atoms with Crippen LogP contribution in [0.25, 0.3) is 0 Å². The largest absolute Gasteiger partial charge is 0.490 e. The molecule has 2 rings (SSSR count). The lowest BCUT2D eigenvalue weighted by atomic mass is 10.1. The highest BCUT2D eigenvalue weighted by molar-refractivity contribution is 5.87. The predicted molar refractivity (Wildman–Crippen MR) is 100 cm³/mol. The second-order valence-electron chi connectivity index (χ2n) is 5.73. The molecule has 0 atom stereocenters. The van der Waals surface area contributed by atoms with Crippen molar-refractivity contribution in [3.05, 3.63) is 59.7 Å². The fourth-order valence-corrected chi connectivity index (χ4v) is 2.53. The van der Waals surface area contributed by atoms with E-state index in [-0.39, 0.29) is 0 Å². The summed E-state index contributed by atoms with van der Waals surface area (Å²) < 4.78 is 5.93. The molecule has 0 aliphatic rings. The van der Waals surface area contributed by atoms with Crippen LogP contribution >= 0.6 is 0 Å². The van der Waals surface area contributed by atoms with Crippen LogP contribution in [0.4, 0.5) is 5.69 Å². The van der Waals surface area contributed by atoms with Gasteiger partial charge in [-0.15, -0.1) is 0 Å². The van der Waals surface area contributed by atoms with Crippen LogP contribution in [0.3, 0.4) is 0 Å². The molecule has 0 heterocycles. The summed E-state index contributed by atoms with van der Waals surface area (Å²) in [6, 6.07) is 14.7. The Morgan fingerprint density at radius 3 is 2.40 bits per heavy atom. The summed E-state index contributed by atoms with van der Waals surface area (Å²) in [6.07, 6.45) is 0. The van der Waals surface area contributed by atoms with Gasteiger partial charge in [0.05, 0.1) is 11.3 Å². The zero-order valence-corrected chi connectivity index (χ0v) is 14.9. The molecule has 134 valence electrons. The van der Waals surface area contributed by atoms with Crippen LogP contribution < -0.4 is 10.1 Å². The van der Waals surface area contributed by atoms with Crippen molar-refractivity contribution in [1.29, 1.82) is 0 Å². The Morgan fingerprint density at radius 1 is 1.08 bits per heavy atom. The van der Waals surface area contributed by atoms with Gasteiger partial charge in [-0.2, -0.15) is 0 Å². The van der Waals surface area contributed by atoms with E-state index in [2.05, 4.69) is 24.1 Å². The average Bonchev–Trinajstić information content (AvgIpc) is 2.64. The van der Waals surface area contributed by atoms with Gasteiger partial charge in [0.25, 0.3) is 0 Å². The van der Waals surface area contributed by atoms with E-state index >= 15 is 0 Å². The highest BCUT2D eigenvalue weighted by Gasteiger charge is 2.05. The molecular weight excluding hydrogens is 316 g/mol. The molecule has 0 amide bonds. The van der Waals surface area contributed by atoms with E-state index in [1.165, 1.54) is 0 Å². The first-order chi connectivity index (χ1) is 12.1. The van der Waals surface area contributed by atoms with Crippen LogP contribution in [0.5, 0.6) is 5.75 Å². The molecule has 2 aromatic carbocycles. The van der Waals surface area contributed by atoms with Crippen LogP contribution in [0.1, 0.15) is 29.8 Å². The Balaban J connectivity index is 1.92. The maximum Gasteiger partial charge on any atom is 0.335 e. The summed E-state index contributed by atoms with van der Waals surface area (Å²) in [5, 5.41) is 12.3. The Labute approximate surface area is 149 Å². The Morgan fingerprint density at radius 2 is 1.76 bits per heavy atom. The molecule has 2 aromatic rings. The Kier molecular flexibility index (Phi) is 7.29. The number of anilines is 1. The van der Waals surface area contributed by atoms with Crippen molar-refractivity contribution in [2.75, 3.05) is 31.6 Å². The summed E-state index contributed by atoms with van der Waals surface area (Å²) in [7, 11) is 0. The minimum atomic E-state index is -0.911. The van der Waals surface area contributed by atoms with E-state index in [4.69, 9.17) is 9.84 Å². The lowest BCUT2D eigenvalue weighted by molar-refractivity contribution is 0.0697. The van der Waals surface area contributed by atoms with Gasteiger partial charge in [-0.1, -0.05) is 38.1 Å². The average molecular weight is 342 g/mol. The van der Waals surface area contributed by atoms with E-state index in [1.807, 2.05) is 36.4 Å². The monoisotopic (exact) mass is 342 g/mol. The molecule has 0 saturated carbocycles. The third kappa shape index (κ3) is 5.80. The first kappa shape index (κ1) is 18.8. The molecule has 0 aromatic heterocycles. The molecule has 25 heavy (non-hydrogen) atoms. The van der Waals surface area contributed by atoms with E-state index in [0.717, 1.165) is 36.6 Å². The predicted octanol–water partition coefficient (Wildman–Crippen LogP) is 3.72. The number of carboxylic acid groups (broad SMARTS) is 1. The van der Waals surface area contributed by atoms with Crippen molar-refractivity contribution in [2.45, 2.75) is 20.4 Å². The molecular formula is C20H26N2O3. The summed E-state index contributed by atoms with van der Waals surface area (Å²) in [5.74, 6) is -0.0803. The van der Waals surface area contributed by atoms with Crippen LogP contribution in [-0.4, -0.2) is 42.2 Å². The van der Waals surface area contributed by atoms with Gasteiger partial charge in [-0.3, -0.25) is 0 Å². The van der Waals surface area contributed by atoms with Gasteiger partial charge in [0.15, 0.2) is 0 Å². The van der Waals surface area contributed by atoms with E-state index in [1.54, 1.807) is 12.1 Å². The zero-order chi connectivity index (χ0) is 18.1. The van der Waals surface area contributed by atoms with E-state index in [0.29, 0.717) is 18.7 Å². The molecule has 0 bridgehead atoms. The minimum Gasteiger partial charge on any atom is -0.490 e. The number of likely N-dealkylation sites (N-methyl/N-ethyl adjacent to an activating group) is 1. The molecule has 0 unspecified atom stereocenters. The lowest BCUT2D eigenvalue weighted by Gasteiger charge is -2.19. The number of rotatable bonds is 10. The maximum atomic E-state index is 10.9. The molecule has 0 spiro atoms. The highest BCUT2D eigenvalue weighted by Crippen LogP contribution is 2.24. The van der Waals surface area contributed by atoms with Crippen LogP contribution in [0.15, 0.2) is 48.5 Å². The first-order valence-corrected chi connectivity index (χ1v) is 8.64. The zero-order valence-electron chi connectivity index (χ0n) is 14.9. The SMILES string of the molecule is CCN(CC)CCOc1ccccc1NCc1ccc(C(=O)O)cc1. The highest BCUT2D eigenvalue weighted by atomic mass is 16.5. The van der Waals surface area contributed by atoms with Gasteiger partial charge >= 0.3 is 5.97 Å². The molecule has 0 radical (unpaired) electrons. The first-order valence-electron chi connectivity index (χ1n) is 8.64. The van der Waals surface area contributed by atoms with Gasteiger partial charge in [0, 0.05) is 13.1 Å². The quantitative estimate of drug-likeness (QED) is 0.689. The molecule has 5 nitrogen and oxygen atoms in total. The number of nitrogens with one attached hydrogen (secondary N) is 1. The van der Waals surface area contributed by atoms with Crippen molar-refractivity contribution in [2.24, 2.45) is 0 Å². The third-order valence-corrected chi connectivity index (χ3v) is 4.13. The number of carbonyl (C=O) groups is 1. The summed E-state index contributed by atoms with van der Waals surface area (Å²) in [4.78, 5) is 13.2. The molecule has 0 aliphatic carbocycles.